The first-order valence-corrected chi connectivity index (χ1v) is 3.26. The first kappa shape index (κ1) is 6.33. The second kappa shape index (κ2) is 2.67. The monoisotopic (exact) mass is 125 g/mol. The van der Waals surface area contributed by atoms with Crippen LogP contribution in [0.15, 0.2) is 12.3 Å². The van der Waals surface area contributed by atoms with E-state index in [9.17, 15) is 4.79 Å². The molecule has 0 bridgehead atoms. The Balaban J connectivity index is 2.18. The van der Waals surface area contributed by atoms with Crippen molar-refractivity contribution in [2.45, 2.75) is 19.4 Å². The first-order valence-electron chi connectivity index (χ1n) is 3.26. The van der Waals surface area contributed by atoms with Gasteiger partial charge >= 0.3 is 0 Å². The van der Waals surface area contributed by atoms with Gasteiger partial charge in [-0.05, 0) is 12.5 Å². The van der Waals surface area contributed by atoms with Gasteiger partial charge in [-0.3, -0.25) is 4.79 Å². The molecular formula is C7H11NO. The highest BCUT2D eigenvalue weighted by Crippen LogP contribution is 2.19. The molecule has 1 saturated heterocycles. The average Bonchev–Trinajstić information content (AvgIpc) is 2.62. The minimum absolute atomic E-state index is 0.709. The summed E-state index contributed by atoms with van der Waals surface area (Å²) in [5.74, 6) is 0. The second-order valence-electron chi connectivity index (χ2n) is 2.24. The van der Waals surface area contributed by atoms with Gasteiger partial charge in [-0.2, -0.15) is 0 Å². The van der Waals surface area contributed by atoms with Crippen molar-refractivity contribution >= 4 is 6.29 Å². The molecule has 0 aromatic carbocycles. The molecule has 0 aromatic heterocycles. The Morgan fingerprint density at radius 1 is 1.78 bits per heavy atom. The van der Waals surface area contributed by atoms with E-state index in [1.807, 2.05) is 6.20 Å². The first-order chi connectivity index (χ1) is 4.38. The van der Waals surface area contributed by atoms with Gasteiger partial charge in [-0.1, -0.05) is 6.92 Å². The zero-order valence-corrected chi connectivity index (χ0v) is 5.58. The van der Waals surface area contributed by atoms with Crippen LogP contribution in [0.3, 0.4) is 0 Å². The van der Waals surface area contributed by atoms with Crippen molar-refractivity contribution in [3.8, 4) is 0 Å². The molecule has 2 heteroatoms. The van der Waals surface area contributed by atoms with Crippen LogP contribution in [-0.2, 0) is 4.79 Å². The van der Waals surface area contributed by atoms with E-state index in [4.69, 9.17) is 0 Å². The maximum atomic E-state index is 9.82. The summed E-state index contributed by atoms with van der Waals surface area (Å²) in [5.41, 5.74) is 0. The Bertz CT molecular complexity index is 131. The van der Waals surface area contributed by atoms with Crippen molar-refractivity contribution in [2.24, 2.45) is 0 Å². The summed E-state index contributed by atoms with van der Waals surface area (Å²) in [7, 11) is 0. The third kappa shape index (κ3) is 1.56. The Hall–Kier alpha value is -0.790. The number of aldehydes is 1. The van der Waals surface area contributed by atoms with E-state index >= 15 is 0 Å². The molecule has 9 heavy (non-hydrogen) atoms. The lowest BCUT2D eigenvalue weighted by molar-refractivity contribution is -0.104. The van der Waals surface area contributed by atoms with Gasteiger partial charge in [0.25, 0.3) is 0 Å². The van der Waals surface area contributed by atoms with Gasteiger partial charge in [-0.15, -0.1) is 0 Å². The van der Waals surface area contributed by atoms with Gasteiger partial charge < -0.3 is 4.90 Å². The van der Waals surface area contributed by atoms with E-state index < -0.39 is 0 Å². The highest BCUT2D eigenvalue weighted by molar-refractivity contribution is 5.64. The summed E-state index contributed by atoms with van der Waals surface area (Å²) in [4.78, 5) is 12.0. The third-order valence-corrected chi connectivity index (χ3v) is 1.58. The van der Waals surface area contributed by atoms with Crippen LogP contribution in [0.2, 0.25) is 0 Å². The summed E-state index contributed by atoms with van der Waals surface area (Å²) in [6.45, 7) is 3.28. The quantitative estimate of drug-likeness (QED) is 0.316. The standard InChI is InChI=1S/C7H11NO/c1-2-7-6-8(7)4-3-5-9/h3-5,7H,2,6H2,1H3/b4-3+. The summed E-state index contributed by atoms with van der Waals surface area (Å²) < 4.78 is 0. The lowest BCUT2D eigenvalue weighted by atomic mass is 10.4. The van der Waals surface area contributed by atoms with Crippen molar-refractivity contribution < 1.29 is 4.79 Å². The predicted molar refractivity (Wildman–Crippen MR) is 36.0 cm³/mol. The summed E-state index contributed by atoms with van der Waals surface area (Å²) in [6, 6.07) is 0.709. The van der Waals surface area contributed by atoms with Crippen LogP contribution in [0.4, 0.5) is 0 Å². The number of carbonyl (C=O) groups is 1. The maximum absolute atomic E-state index is 9.82. The zero-order valence-electron chi connectivity index (χ0n) is 5.58. The molecule has 1 heterocycles. The number of rotatable bonds is 3. The van der Waals surface area contributed by atoms with E-state index in [-0.39, 0.29) is 0 Å². The minimum Gasteiger partial charge on any atom is -0.370 e. The van der Waals surface area contributed by atoms with Crippen molar-refractivity contribution in [3.05, 3.63) is 12.3 Å². The van der Waals surface area contributed by atoms with Gasteiger partial charge in [0.15, 0.2) is 0 Å². The second-order valence-corrected chi connectivity index (χ2v) is 2.24. The molecule has 0 radical (unpaired) electrons. The fourth-order valence-electron chi connectivity index (χ4n) is 0.888. The average molecular weight is 125 g/mol. The molecule has 1 rings (SSSR count). The van der Waals surface area contributed by atoms with E-state index in [0.29, 0.717) is 6.04 Å². The van der Waals surface area contributed by atoms with E-state index in [1.54, 1.807) is 0 Å². The largest absolute Gasteiger partial charge is 0.370 e. The number of carbonyl (C=O) groups excluding carboxylic acids is 1. The molecule has 0 aliphatic carbocycles. The molecular weight excluding hydrogens is 114 g/mol. The van der Waals surface area contributed by atoms with E-state index in [1.165, 1.54) is 12.5 Å². The van der Waals surface area contributed by atoms with E-state index in [0.717, 1.165) is 12.8 Å². The number of hydrogen-bond donors (Lipinski definition) is 0. The SMILES string of the molecule is CCC1CN1/C=C/C=O. The van der Waals surface area contributed by atoms with Crippen molar-refractivity contribution in [2.75, 3.05) is 6.54 Å². The smallest absolute Gasteiger partial charge is 0.144 e. The molecule has 1 unspecified atom stereocenters. The minimum atomic E-state index is 0.709. The highest BCUT2D eigenvalue weighted by atomic mass is 16.1. The van der Waals surface area contributed by atoms with Crippen LogP contribution in [0.25, 0.3) is 0 Å². The zero-order chi connectivity index (χ0) is 6.69. The van der Waals surface area contributed by atoms with Crippen LogP contribution in [0, 0.1) is 0 Å². The summed E-state index contributed by atoms with van der Waals surface area (Å²) >= 11 is 0. The lowest BCUT2D eigenvalue weighted by Crippen LogP contribution is -1.89. The summed E-state index contributed by atoms with van der Waals surface area (Å²) in [5, 5.41) is 0. The van der Waals surface area contributed by atoms with Crippen LogP contribution < -0.4 is 0 Å². The Morgan fingerprint density at radius 3 is 3.00 bits per heavy atom. The predicted octanol–water partition coefficient (Wildman–Crippen LogP) is 0.793. The molecule has 1 atom stereocenters. The number of hydrogen-bond acceptors (Lipinski definition) is 2. The molecule has 0 amide bonds. The van der Waals surface area contributed by atoms with Crippen molar-refractivity contribution in [1.82, 2.24) is 4.90 Å². The maximum Gasteiger partial charge on any atom is 0.144 e. The highest BCUT2D eigenvalue weighted by Gasteiger charge is 2.27. The molecule has 0 N–H and O–H groups in total. The normalized spacial score (nSPS) is 25.0. The van der Waals surface area contributed by atoms with Crippen LogP contribution in [0.1, 0.15) is 13.3 Å². The molecule has 1 aliphatic heterocycles. The van der Waals surface area contributed by atoms with Gasteiger partial charge in [-0.25, -0.2) is 0 Å². The van der Waals surface area contributed by atoms with E-state index in [2.05, 4.69) is 11.8 Å². The summed E-state index contributed by atoms with van der Waals surface area (Å²) in [6.07, 6.45) is 5.38. The molecule has 1 fully saturated rings. The van der Waals surface area contributed by atoms with Crippen molar-refractivity contribution in [1.29, 1.82) is 0 Å². The van der Waals surface area contributed by atoms with Crippen LogP contribution in [-0.4, -0.2) is 23.8 Å². The fraction of sp³-hybridized carbons (Fsp3) is 0.571. The Morgan fingerprint density at radius 2 is 2.56 bits per heavy atom. The van der Waals surface area contributed by atoms with Gasteiger partial charge in [0.1, 0.15) is 6.29 Å². The molecule has 0 saturated carbocycles. The molecule has 2 nitrogen and oxygen atoms in total. The van der Waals surface area contributed by atoms with Crippen LogP contribution in [0.5, 0.6) is 0 Å². The fourth-order valence-corrected chi connectivity index (χ4v) is 0.888. The van der Waals surface area contributed by atoms with Gasteiger partial charge in [0.2, 0.25) is 0 Å². The molecule has 50 valence electrons. The van der Waals surface area contributed by atoms with Crippen LogP contribution >= 0.6 is 0 Å². The molecule has 0 spiro atoms. The van der Waals surface area contributed by atoms with Gasteiger partial charge in [0.05, 0.1) is 0 Å². The van der Waals surface area contributed by atoms with Gasteiger partial charge in [0, 0.05) is 18.8 Å². The molecule has 0 aromatic rings. The number of allylic oxidation sites excluding steroid dienone is 1. The number of nitrogens with zero attached hydrogens (tertiary/aromatic N) is 1. The third-order valence-electron chi connectivity index (χ3n) is 1.58. The molecule has 1 aliphatic rings. The Labute approximate surface area is 55.2 Å². The Kier molecular flexibility index (Phi) is 1.88. The topological polar surface area (TPSA) is 20.1 Å². The van der Waals surface area contributed by atoms with Crippen molar-refractivity contribution in [3.63, 3.8) is 0 Å². The lowest BCUT2D eigenvalue weighted by Gasteiger charge is -1.90.